The zero-order valence-electron chi connectivity index (χ0n) is 12.8. The van der Waals surface area contributed by atoms with E-state index in [0.29, 0.717) is 10.9 Å². The molecule has 114 valence electrons. The van der Waals surface area contributed by atoms with Gasteiger partial charge in [-0.2, -0.15) is 0 Å². The molecule has 0 N–H and O–H groups in total. The van der Waals surface area contributed by atoms with Crippen molar-refractivity contribution in [3.63, 3.8) is 0 Å². The molecule has 1 aromatic carbocycles. The molecule has 0 unspecified atom stereocenters. The molecular weight excluding hydrogens is 351 g/mol. The Morgan fingerprint density at radius 2 is 1.76 bits per heavy atom. The zero-order valence-corrected chi connectivity index (χ0v) is 15.3. The second-order valence-corrected chi connectivity index (χ2v) is 7.37. The number of benzene rings is 1. The predicted octanol–water partition coefficient (Wildman–Crippen LogP) is 2.93. The molecule has 1 heterocycles. The summed E-state index contributed by atoms with van der Waals surface area (Å²) in [6.45, 7) is 9.38. The maximum atomic E-state index is 12.8. The van der Waals surface area contributed by atoms with Gasteiger partial charge in [-0.1, -0.05) is 0 Å². The molecule has 1 aliphatic rings. The topological polar surface area (TPSA) is 23.6 Å². The van der Waals surface area contributed by atoms with Gasteiger partial charge in [-0.3, -0.25) is 0 Å². The molecule has 0 saturated carbocycles. The van der Waals surface area contributed by atoms with Crippen LogP contribution >= 0.6 is 11.6 Å². The summed E-state index contributed by atoms with van der Waals surface area (Å²) in [5.41, 5.74) is 0.857. The van der Waals surface area contributed by atoms with Crippen LogP contribution < -0.4 is 4.90 Å². The number of rotatable bonds is 4. The summed E-state index contributed by atoms with van der Waals surface area (Å²) in [6, 6.07) is 7.28. The molecule has 0 spiro atoms. The molecule has 0 aromatic heterocycles. The van der Waals surface area contributed by atoms with Crippen molar-refractivity contribution < 1.29 is 4.79 Å². The van der Waals surface area contributed by atoms with E-state index in [0.717, 1.165) is 16.9 Å². The van der Waals surface area contributed by atoms with Crippen molar-refractivity contribution in [2.45, 2.75) is 33.7 Å². The number of halogens is 1. The van der Waals surface area contributed by atoms with Crippen LogP contribution in [0.4, 0.5) is 5.69 Å². The van der Waals surface area contributed by atoms with Crippen molar-refractivity contribution in [3.05, 3.63) is 29.3 Å². The molecule has 1 aromatic rings. The van der Waals surface area contributed by atoms with E-state index in [9.17, 15) is 4.79 Å². The van der Waals surface area contributed by atoms with E-state index in [1.165, 1.54) is 0 Å². The molecule has 1 saturated heterocycles. The van der Waals surface area contributed by atoms with Gasteiger partial charge in [0.15, 0.2) is 0 Å². The Hall–Kier alpha value is -0.831. The third kappa shape index (κ3) is 3.33. The van der Waals surface area contributed by atoms with Gasteiger partial charge in [0, 0.05) is 0 Å². The summed E-state index contributed by atoms with van der Waals surface area (Å²) in [7, 11) is 0. The zero-order chi connectivity index (χ0) is 15.7. The Morgan fingerprint density at radius 1 is 1.19 bits per heavy atom. The van der Waals surface area contributed by atoms with Gasteiger partial charge in [-0.15, -0.1) is 0 Å². The van der Waals surface area contributed by atoms with Gasteiger partial charge >= 0.3 is 139 Å². The average Bonchev–Trinajstić information content (AvgIpc) is 2.62. The van der Waals surface area contributed by atoms with E-state index < -0.39 is 0 Å². The van der Waals surface area contributed by atoms with E-state index in [1.807, 2.05) is 24.3 Å². The standard InChI is InChI=1S/C16H21ClN2OSe/c1-10(2)9-18-14(11(3)4)15(20)19(16(18)21)13-7-5-12(17)6-8-13/h5-8,10-11,14H,9H2,1-4H3/t14-/m0/s1. The monoisotopic (exact) mass is 372 g/mol. The molecule has 1 fully saturated rings. The van der Waals surface area contributed by atoms with E-state index in [2.05, 4.69) is 48.2 Å². The fourth-order valence-corrected chi connectivity index (χ4v) is 3.60. The van der Waals surface area contributed by atoms with Crippen LogP contribution in [-0.4, -0.2) is 43.6 Å². The van der Waals surface area contributed by atoms with Gasteiger partial charge in [-0.05, 0) is 0 Å². The van der Waals surface area contributed by atoms with Crippen molar-refractivity contribution in [2.75, 3.05) is 11.4 Å². The van der Waals surface area contributed by atoms with Crippen molar-refractivity contribution in [3.8, 4) is 0 Å². The fourth-order valence-electron chi connectivity index (χ4n) is 2.67. The number of anilines is 1. The van der Waals surface area contributed by atoms with Gasteiger partial charge in [0.2, 0.25) is 0 Å². The molecular formula is C16H21ClN2OSe. The summed E-state index contributed by atoms with van der Waals surface area (Å²) in [5, 5.41) is 0.673. The Morgan fingerprint density at radius 3 is 2.24 bits per heavy atom. The average molecular weight is 372 g/mol. The first-order valence-corrected chi connectivity index (χ1v) is 8.46. The van der Waals surface area contributed by atoms with Crippen LogP contribution in [0.1, 0.15) is 27.7 Å². The van der Waals surface area contributed by atoms with Crippen molar-refractivity contribution in [1.82, 2.24) is 4.90 Å². The predicted molar refractivity (Wildman–Crippen MR) is 89.9 cm³/mol. The first-order chi connectivity index (χ1) is 9.82. The van der Waals surface area contributed by atoms with Crippen LogP contribution in [0.25, 0.3) is 0 Å². The maximum absolute atomic E-state index is 12.8. The summed E-state index contributed by atoms with van der Waals surface area (Å²) < 4.78 is 0.884. The SMILES string of the molecule is CC(C)CN1C(=[Se])N(c2ccc(Cl)cc2)C(=O)[C@@H]1C(C)C. The summed E-state index contributed by atoms with van der Waals surface area (Å²) in [6.07, 6.45) is 0. The molecule has 21 heavy (non-hydrogen) atoms. The van der Waals surface area contributed by atoms with Crippen molar-refractivity contribution >= 4 is 43.4 Å². The van der Waals surface area contributed by atoms with Gasteiger partial charge in [0.25, 0.3) is 0 Å². The van der Waals surface area contributed by atoms with Crippen LogP contribution in [0.3, 0.4) is 0 Å². The van der Waals surface area contributed by atoms with Crippen LogP contribution in [0.5, 0.6) is 0 Å². The minimum absolute atomic E-state index is 0.112. The summed E-state index contributed by atoms with van der Waals surface area (Å²) >= 11 is 9.03. The van der Waals surface area contributed by atoms with E-state index in [-0.39, 0.29) is 17.9 Å². The second kappa shape index (κ2) is 6.51. The number of hydrogen-bond acceptors (Lipinski definition) is 2. The molecule has 1 amide bonds. The number of carbonyl (C=O) groups is 1. The van der Waals surface area contributed by atoms with Crippen LogP contribution in [-0.2, 0) is 4.79 Å². The number of amides is 1. The van der Waals surface area contributed by atoms with E-state index in [1.54, 1.807) is 4.90 Å². The van der Waals surface area contributed by atoms with E-state index in [4.69, 9.17) is 11.6 Å². The second-order valence-electron chi connectivity index (χ2n) is 6.17. The number of nitrogens with zero attached hydrogens (tertiary/aromatic N) is 2. The Bertz CT molecular complexity index is 542. The number of carbonyl (C=O) groups excluding carboxylic acids is 1. The van der Waals surface area contributed by atoms with E-state index >= 15 is 0 Å². The first-order valence-electron chi connectivity index (χ1n) is 7.23. The third-order valence-corrected chi connectivity index (χ3v) is 4.65. The number of hydrogen-bond donors (Lipinski definition) is 0. The third-order valence-electron chi connectivity index (χ3n) is 3.52. The molecule has 1 aliphatic heterocycles. The minimum atomic E-state index is -0.112. The Labute approximate surface area is 139 Å². The van der Waals surface area contributed by atoms with Gasteiger partial charge in [0.05, 0.1) is 0 Å². The molecule has 1 atom stereocenters. The Balaban J connectivity index is 2.37. The quantitative estimate of drug-likeness (QED) is 0.760. The van der Waals surface area contributed by atoms with Crippen LogP contribution in [0.15, 0.2) is 24.3 Å². The fraction of sp³-hybridized carbons (Fsp3) is 0.500. The molecule has 0 bridgehead atoms. The molecule has 5 heteroatoms. The summed E-state index contributed by atoms with van der Waals surface area (Å²) in [4.78, 5) is 16.8. The molecule has 3 nitrogen and oxygen atoms in total. The van der Waals surface area contributed by atoms with Crippen LogP contribution in [0, 0.1) is 11.8 Å². The van der Waals surface area contributed by atoms with Gasteiger partial charge in [-0.25, -0.2) is 0 Å². The van der Waals surface area contributed by atoms with Gasteiger partial charge < -0.3 is 0 Å². The Kier molecular flexibility index (Phi) is 5.13. The normalized spacial score (nSPS) is 19.3. The van der Waals surface area contributed by atoms with Crippen molar-refractivity contribution in [2.24, 2.45) is 11.8 Å². The molecule has 0 radical (unpaired) electrons. The molecule has 2 rings (SSSR count). The first kappa shape index (κ1) is 16.5. The van der Waals surface area contributed by atoms with Crippen molar-refractivity contribution in [1.29, 1.82) is 0 Å². The summed E-state index contributed by atoms with van der Waals surface area (Å²) in [5.74, 6) is 0.881. The molecule has 0 aliphatic carbocycles. The van der Waals surface area contributed by atoms with Gasteiger partial charge in [0.1, 0.15) is 0 Å². The van der Waals surface area contributed by atoms with Crippen LogP contribution in [0.2, 0.25) is 5.02 Å².